The number of nitrogens with one attached hydrogen (secondary N) is 1. The van der Waals surface area contributed by atoms with Gasteiger partial charge in [-0.15, -0.1) is 0 Å². The molecule has 0 unspecified atom stereocenters. The van der Waals surface area contributed by atoms with Gasteiger partial charge in [0.05, 0.1) is 0 Å². The lowest BCUT2D eigenvalue weighted by molar-refractivity contribution is 1.57. The molecule has 0 fully saturated rings. The maximum Gasteiger partial charge on any atom is 0.0177 e. The second-order valence-corrected chi connectivity index (χ2v) is 1.60. The van der Waals surface area contributed by atoms with Gasteiger partial charge < -0.3 is 5.41 Å². The average Bonchev–Trinajstić information content (AvgIpc) is 1.85. The summed E-state index contributed by atoms with van der Waals surface area (Å²) in [6, 6.07) is 0. The first-order chi connectivity index (χ1) is 4.31. The Hall–Kier alpha value is -1.11. The Morgan fingerprint density at radius 2 is 2.11 bits per heavy atom. The summed E-state index contributed by atoms with van der Waals surface area (Å²) in [6.45, 7) is 5.64. The fourth-order valence-corrected chi connectivity index (χ4v) is 0.441. The third-order valence-corrected chi connectivity index (χ3v) is 0.787. The highest BCUT2D eigenvalue weighted by Crippen LogP contribution is 1.92. The third-order valence-electron chi connectivity index (χ3n) is 0.787. The summed E-state index contributed by atoms with van der Waals surface area (Å²) in [4.78, 5) is 0. The van der Waals surface area contributed by atoms with Crippen LogP contribution in [0.1, 0.15) is 6.92 Å². The predicted molar refractivity (Wildman–Crippen MR) is 41.9 cm³/mol. The van der Waals surface area contributed by atoms with Crippen molar-refractivity contribution in [1.82, 2.24) is 0 Å². The van der Waals surface area contributed by atoms with Gasteiger partial charge in [0.2, 0.25) is 0 Å². The Kier molecular flexibility index (Phi) is 4.41. The Morgan fingerprint density at radius 1 is 1.44 bits per heavy atom. The molecule has 0 aliphatic heterocycles. The summed E-state index contributed by atoms with van der Waals surface area (Å²) in [5, 5.41) is 6.65. The van der Waals surface area contributed by atoms with Gasteiger partial charge in [0.25, 0.3) is 0 Å². The summed E-state index contributed by atoms with van der Waals surface area (Å²) in [6.07, 6.45) is 8.46. The van der Waals surface area contributed by atoms with Crippen molar-refractivity contribution in [2.24, 2.45) is 0 Å². The minimum atomic E-state index is 0.918. The lowest BCUT2D eigenvalue weighted by Gasteiger charge is -1.82. The largest absolute Gasteiger partial charge is 0.309 e. The van der Waals surface area contributed by atoms with Crippen molar-refractivity contribution in [3.8, 4) is 0 Å². The first kappa shape index (κ1) is 7.89. The van der Waals surface area contributed by atoms with E-state index < -0.39 is 0 Å². The van der Waals surface area contributed by atoms with E-state index in [1.165, 1.54) is 6.21 Å². The summed E-state index contributed by atoms with van der Waals surface area (Å²) < 4.78 is 0. The smallest absolute Gasteiger partial charge is 0.0177 e. The van der Waals surface area contributed by atoms with Crippen molar-refractivity contribution in [3.63, 3.8) is 0 Å². The Morgan fingerprint density at radius 3 is 2.56 bits per heavy atom. The maximum absolute atomic E-state index is 6.65. The molecule has 0 aliphatic rings. The molecule has 0 aromatic rings. The minimum absolute atomic E-state index is 0.918. The summed E-state index contributed by atoms with van der Waals surface area (Å²) in [7, 11) is 0. The van der Waals surface area contributed by atoms with Crippen LogP contribution in [0.25, 0.3) is 0 Å². The number of allylic oxidation sites excluding steroid dienone is 5. The lowest BCUT2D eigenvalue weighted by atomic mass is 10.2. The zero-order valence-electron chi connectivity index (χ0n) is 5.59. The van der Waals surface area contributed by atoms with E-state index in [1.54, 1.807) is 12.2 Å². The van der Waals surface area contributed by atoms with Gasteiger partial charge in [-0.1, -0.05) is 24.8 Å². The first-order valence-corrected chi connectivity index (χ1v) is 2.80. The van der Waals surface area contributed by atoms with E-state index in [0.717, 1.165) is 5.57 Å². The monoisotopic (exact) mass is 121 g/mol. The number of hydrogen-bond acceptors (Lipinski definition) is 1. The molecule has 0 spiro atoms. The zero-order chi connectivity index (χ0) is 7.11. The van der Waals surface area contributed by atoms with Crippen LogP contribution in [-0.2, 0) is 0 Å². The van der Waals surface area contributed by atoms with Gasteiger partial charge in [-0.2, -0.15) is 0 Å². The molecule has 1 N–H and O–H groups in total. The molecule has 0 bridgehead atoms. The van der Waals surface area contributed by atoms with Crippen molar-refractivity contribution >= 4 is 6.21 Å². The van der Waals surface area contributed by atoms with Gasteiger partial charge in [-0.3, -0.25) is 0 Å². The molecule has 0 radical (unpaired) electrons. The van der Waals surface area contributed by atoms with E-state index in [2.05, 4.69) is 6.58 Å². The van der Waals surface area contributed by atoms with E-state index >= 15 is 0 Å². The van der Waals surface area contributed by atoms with Gasteiger partial charge in [0.1, 0.15) is 0 Å². The quantitative estimate of drug-likeness (QED) is 0.437. The van der Waals surface area contributed by atoms with Crippen molar-refractivity contribution in [3.05, 3.63) is 36.5 Å². The van der Waals surface area contributed by atoms with E-state index in [1.807, 2.05) is 19.1 Å². The standard InChI is InChI=1S/C8H11N/c1-3-5-8(2)6-4-7-9/h3-7,9H,2H2,1H3/b5-3-,6-4-,9-7?. The minimum Gasteiger partial charge on any atom is -0.309 e. The average molecular weight is 121 g/mol. The topological polar surface area (TPSA) is 23.9 Å². The normalized spacial score (nSPS) is 10.8. The summed E-state index contributed by atoms with van der Waals surface area (Å²) in [5.74, 6) is 0. The molecule has 0 heterocycles. The number of hydrogen-bond donors (Lipinski definition) is 1. The fraction of sp³-hybridized carbons (Fsp3) is 0.125. The molecule has 0 saturated carbocycles. The van der Waals surface area contributed by atoms with Crippen LogP contribution in [0.4, 0.5) is 0 Å². The summed E-state index contributed by atoms with van der Waals surface area (Å²) in [5.41, 5.74) is 0.918. The van der Waals surface area contributed by atoms with Crippen LogP contribution in [0.2, 0.25) is 0 Å². The molecule has 0 atom stereocenters. The molecule has 9 heavy (non-hydrogen) atoms. The molecule has 48 valence electrons. The van der Waals surface area contributed by atoms with E-state index in [9.17, 15) is 0 Å². The van der Waals surface area contributed by atoms with E-state index in [-0.39, 0.29) is 0 Å². The predicted octanol–water partition coefficient (Wildman–Crippen LogP) is 2.32. The van der Waals surface area contributed by atoms with Crippen LogP contribution in [0, 0.1) is 5.41 Å². The highest BCUT2D eigenvalue weighted by atomic mass is 14.3. The Bertz CT molecular complexity index is 152. The molecule has 0 amide bonds. The Labute approximate surface area is 55.9 Å². The van der Waals surface area contributed by atoms with Gasteiger partial charge in [0.15, 0.2) is 0 Å². The van der Waals surface area contributed by atoms with E-state index in [0.29, 0.717) is 0 Å². The van der Waals surface area contributed by atoms with E-state index in [4.69, 9.17) is 5.41 Å². The SMILES string of the molecule is C=C(/C=C\C)/C=C\C=N. The van der Waals surface area contributed by atoms with Crippen LogP contribution in [0.3, 0.4) is 0 Å². The van der Waals surface area contributed by atoms with Gasteiger partial charge in [0, 0.05) is 6.21 Å². The molecule has 0 aromatic heterocycles. The second-order valence-electron chi connectivity index (χ2n) is 1.60. The van der Waals surface area contributed by atoms with Gasteiger partial charge in [-0.05, 0) is 18.6 Å². The van der Waals surface area contributed by atoms with Crippen LogP contribution in [-0.4, -0.2) is 6.21 Å². The van der Waals surface area contributed by atoms with Crippen molar-refractivity contribution in [1.29, 1.82) is 5.41 Å². The maximum atomic E-state index is 6.65. The lowest BCUT2D eigenvalue weighted by Crippen LogP contribution is -1.65. The molecule has 1 nitrogen and oxygen atoms in total. The first-order valence-electron chi connectivity index (χ1n) is 2.80. The van der Waals surface area contributed by atoms with Gasteiger partial charge >= 0.3 is 0 Å². The second kappa shape index (κ2) is 5.04. The fourth-order valence-electron chi connectivity index (χ4n) is 0.441. The van der Waals surface area contributed by atoms with Gasteiger partial charge in [-0.25, -0.2) is 0 Å². The zero-order valence-corrected chi connectivity index (χ0v) is 5.59. The van der Waals surface area contributed by atoms with Crippen LogP contribution in [0.5, 0.6) is 0 Å². The van der Waals surface area contributed by atoms with Crippen molar-refractivity contribution in [2.45, 2.75) is 6.92 Å². The van der Waals surface area contributed by atoms with Crippen LogP contribution < -0.4 is 0 Å². The molecule has 0 aromatic carbocycles. The van der Waals surface area contributed by atoms with Crippen molar-refractivity contribution < 1.29 is 0 Å². The Balaban J connectivity index is 3.76. The molecular formula is C8H11N. The highest BCUT2D eigenvalue weighted by molar-refractivity contribution is 5.68. The van der Waals surface area contributed by atoms with Crippen LogP contribution in [0.15, 0.2) is 36.5 Å². The molecular weight excluding hydrogens is 110 g/mol. The molecule has 0 rings (SSSR count). The van der Waals surface area contributed by atoms with Crippen molar-refractivity contribution in [2.75, 3.05) is 0 Å². The highest BCUT2D eigenvalue weighted by Gasteiger charge is 1.73. The van der Waals surface area contributed by atoms with Crippen LogP contribution >= 0.6 is 0 Å². The third kappa shape index (κ3) is 4.75. The molecule has 1 heteroatoms. The number of rotatable bonds is 3. The summed E-state index contributed by atoms with van der Waals surface area (Å²) >= 11 is 0. The molecule has 0 aliphatic carbocycles. The molecule has 0 saturated heterocycles.